The van der Waals surface area contributed by atoms with Gasteiger partial charge < -0.3 is 5.73 Å². The number of nitrogens with two attached hydrogens (primary N) is 1. The van der Waals surface area contributed by atoms with Crippen molar-refractivity contribution in [1.82, 2.24) is 9.78 Å². The third-order valence-corrected chi connectivity index (χ3v) is 3.89. The van der Waals surface area contributed by atoms with E-state index in [1.165, 1.54) is 0 Å². The largest absolute Gasteiger partial charge is 0.383 e. The van der Waals surface area contributed by atoms with Crippen LogP contribution in [0.5, 0.6) is 0 Å². The molecule has 0 aliphatic heterocycles. The second-order valence-electron chi connectivity index (χ2n) is 5.27. The SMILES string of the molecule is N#Cc1c(Cc2ccc(Cl)cc2)nn(Cc2ccccc2)c1N. The maximum atomic E-state index is 9.40. The first kappa shape index (κ1) is 15.1. The number of nitriles is 1. The quantitative estimate of drug-likeness (QED) is 0.797. The summed E-state index contributed by atoms with van der Waals surface area (Å²) in [7, 11) is 0. The van der Waals surface area contributed by atoms with E-state index in [1.807, 2.05) is 54.6 Å². The van der Waals surface area contributed by atoms with Gasteiger partial charge in [0.15, 0.2) is 0 Å². The molecular weight excluding hydrogens is 308 g/mol. The van der Waals surface area contributed by atoms with E-state index in [2.05, 4.69) is 11.2 Å². The van der Waals surface area contributed by atoms with E-state index in [-0.39, 0.29) is 0 Å². The minimum Gasteiger partial charge on any atom is -0.383 e. The highest BCUT2D eigenvalue weighted by atomic mass is 35.5. The molecule has 23 heavy (non-hydrogen) atoms. The standard InChI is InChI=1S/C18H15ClN4/c19-15-8-6-13(7-9-15)10-17-16(11-20)18(21)23(22-17)12-14-4-2-1-3-5-14/h1-9H,10,12,21H2. The predicted molar refractivity (Wildman–Crippen MR) is 91.2 cm³/mol. The molecule has 3 rings (SSSR count). The highest BCUT2D eigenvalue weighted by Crippen LogP contribution is 2.21. The molecule has 2 aromatic carbocycles. The molecule has 0 aliphatic carbocycles. The molecule has 0 saturated heterocycles. The van der Waals surface area contributed by atoms with Crippen molar-refractivity contribution in [1.29, 1.82) is 5.26 Å². The number of nitrogen functional groups attached to an aromatic ring is 1. The van der Waals surface area contributed by atoms with E-state index >= 15 is 0 Å². The van der Waals surface area contributed by atoms with Crippen molar-refractivity contribution in [3.8, 4) is 6.07 Å². The van der Waals surface area contributed by atoms with Gasteiger partial charge in [0.05, 0.1) is 12.2 Å². The van der Waals surface area contributed by atoms with Gasteiger partial charge in [-0.05, 0) is 23.3 Å². The van der Waals surface area contributed by atoms with Crippen LogP contribution in [0.1, 0.15) is 22.4 Å². The Morgan fingerprint density at radius 1 is 1.04 bits per heavy atom. The van der Waals surface area contributed by atoms with E-state index in [0.717, 1.165) is 11.1 Å². The van der Waals surface area contributed by atoms with Gasteiger partial charge in [-0.25, -0.2) is 4.68 Å². The van der Waals surface area contributed by atoms with Crippen LogP contribution in [0, 0.1) is 11.3 Å². The zero-order chi connectivity index (χ0) is 16.2. The smallest absolute Gasteiger partial charge is 0.140 e. The topological polar surface area (TPSA) is 67.6 Å². The van der Waals surface area contributed by atoms with Crippen LogP contribution in [0.15, 0.2) is 54.6 Å². The summed E-state index contributed by atoms with van der Waals surface area (Å²) in [5.41, 5.74) is 9.35. The number of aromatic nitrogens is 2. The van der Waals surface area contributed by atoms with Gasteiger partial charge in [0.25, 0.3) is 0 Å². The average Bonchev–Trinajstić information content (AvgIpc) is 2.85. The summed E-state index contributed by atoms with van der Waals surface area (Å²) in [5, 5.41) is 14.6. The Morgan fingerprint density at radius 2 is 1.74 bits per heavy atom. The zero-order valence-electron chi connectivity index (χ0n) is 12.4. The Kier molecular flexibility index (Phi) is 4.31. The molecule has 0 unspecified atom stereocenters. The van der Waals surface area contributed by atoms with Crippen LogP contribution in [-0.2, 0) is 13.0 Å². The third kappa shape index (κ3) is 3.36. The van der Waals surface area contributed by atoms with E-state index < -0.39 is 0 Å². The maximum Gasteiger partial charge on any atom is 0.140 e. The fourth-order valence-corrected chi connectivity index (χ4v) is 2.57. The molecule has 114 valence electrons. The first-order valence-corrected chi connectivity index (χ1v) is 7.59. The molecule has 0 spiro atoms. The van der Waals surface area contributed by atoms with E-state index in [0.29, 0.717) is 35.1 Å². The first-order valence-electron chi connectivity index (χ1n) is 7.21. The molecule has 0 saturated carbocycles. The molecule has 3 aromatic rings. The molecule has 0 atom stereocenters. The third-order valence-electron chi connectivity index (χ3n) is 3.64. The van der Waals surface area contributed by atoms with Gasteiger partial charge in [-0.1, -0.05) is 54.1 Å². The molecule has 0 bridgehead atoms. The van der Waals surface area contributed by atoms with Crippen LogP contribution in [0.3, 0.4) is 0 Å². The van der Waals surface area contributed by atoms with Crippen LogP contribution in [0.2, 0.25) is 5.02 Å². The molecular formula is C18H15ClN4. The van der Waals surface area contributed by atoms with Crippen molar-refractivity contribution in [2.75, 3.05) is 5.73 Å². The molecule has 0 aliphatic rings. The second-order valence-corrected chi connectivity index (χ2v) is 5.70. The molecule has 0 radical (unpaired) electrons. The van der Waals surface area contributed by atoms with E-state index in [4.69, 9.17) is 17.3 Å². The van der Waals surface area contributed by atoms with Crippen molar-refractivity contribution in [2.45, 2.75) is 13.0 Å². The Bertz CT molecular complexity index is 845. The Morgan fingerprint density at radius 3 is 2.39 bits per heavy atom. The lowest BCUT2D eigenvalue weighted by molar-refractivity contribution is 0.685. The monoisotopic (exact) mass is 322 g/mol. The normalized spacial score (nSPS) is 10.4. The van der Waals surface area contributed by atoms with Gasteiger partial charge in [0.2, 0.25) is 0 Å². The van der Waals surface area contributed by atoms with Crippen LogP contribution in [-0.4, -0.2) is 9.78 Å². The lowest BCUT2D eigenvalue weighted by Gasteiger charge is -2.03. The summed E-state index contributed by atoms with van der Waals surface area (Å²) in [5.74, 6) is 0.403. The predicted octanol–water partition coefficient (Wildman–Crippen LogP) is 3.63. The molecule has 0 amide bonds. The molecule has 5 heteroatoms. The lowest BCUT2D eigenvalue weighted by Crippen LogP contribution is -2.06. The Labute approximate surface area is 139 Å². The van der Waals surface area contributed by atoms with Gasteiger partial charge in [0, 0.05) is 11.4 Å². The number of benzene rings is 2. The van der Waals surface area contributed by atoms with Gasteiger partial charge in [-0.15, -0.1) is 0 Å². The number of nitrogens with zero attached hydrogens (tertiary/aromatic N) is 3. The van der Waals surface area contributed by atoms with Crippen LogP contribution in [0.25, 0.3) is 0 Å². The number of hydrogen-bond acceptors (Lipinski definition) is 3. The summed E-state index contributed by atoms with van der Waals surface area (Å²) < 4.78 is 1.68. The van der Waals surface area contributed by atoms with Gasteiger partial charge in [-0.2, -0.15) is 10.4 Å². The zero-order valence-corrected chi connectivity index (χ0v) is 13.2. The van der Waals surface area contributed by atoms with Gasteiger partial charge in [0.1, 0.15) is 17.5 Å². The van der Waals surface area contributed by atoms with Gasteiger partial charge >= 0.3 is 0 Å². The summed E-state index contributed by atoms with van der Waals surface area (Å²) >= 11 is 5.90. The summed E-state index contributed by atoms with van der Waals surface area (Å²) in [4.78, 5) is 0. The maximum absolute atomic E-state index is 9.40. The summed E-state index contributed by atoms with van der Waals surface area (Å²) in [6.45, 7) is 0.544. The van der Waals surface area contributed by atoms with E-state index in [9.17, 15) is 5.26 Å². The van der Waals surface area contributed by atoms with Crippen molar-refractivity contribution < 1.29 is 0 Å². The lowest BCUT2D eigenvalue weighted by atomic mass is 10.1. The molecule has 4 nitrogen and oxygen atoms in total. The van der Waals surface area contributed by atoms with Crippen molar-refractivity contribution in [3.05, 3.63) is 82.0 Å². The Balaban J connectivity index is 1.90. The molecule has 2 N–H and O–H groups in total. The number of rotatable bonds is 4. The first-order chi connectivity index (χ1) is 11.2. The number of halogens is 1. The summed E-state index contributed by atoms with van der Waals surface area (Å²) in [6, 6.07) is 19.6. The second kappa shape index (κ2) is 6.55. The molecule has 1 aromatic heterocycles. The fraction of sp³-hybridized carbons (Fsp3) is 0.111. The van der Waals surface area contributed by atoms with Crippen LogP contribution in [0.4, 0.5) is 5.82 Å². The van der Waals surface area contributed by atoms with Crippen LogP contribution >= 0.6 is 11.6 Å². The van der Waals surface area contributed by atoms with Crippen molar-refractivity contribution in [3.63, 3.8) is 0 Å². The minimum atomic E-state index is 0.403. The molecule has 0 fully saturated rings. The highest BCUT2D eigenvalue weighted by molar-refractivity contribution is 6.30. The Hall–Kier alpha value is -2.77. The van der Waals surface area contributed by atoms with Crippen LogP contribution < -0.4 is 5.73 Å². The van der Waals surface area contributed by atoms with Gasteiger partial charge in [-0.3, -0.25) is 0 Å². The highest BCUT2D eigenvalue weighted by Gasteiger charge is 2.16. The molecule has 1 heterocycles. The average molecular weight is 323 g/mol. The number of anilines is 1. The summed E-state index contributed by atoms with van der Waals surface area (Å²) in [6.07, 6.45) is 0.548. The van der Waals surface area contributed by atoms with Crippen molar-refractivity contribution in [2.24, 2.45) is 0 Å². The fourth-order valence-electron chi connectivity index (χ4n) is 2.44. The van der Waals surface area contributed by atoms with E-state index in [1.54, 1.807) is 4.68 Å². The van der Waals surface area contributed by atoms with Crippen molar-refractivity contribution >= 4 is 17.4 Å². The number of hydrogen-bond donors (Lipinski definition) is 1. The minimum absolute atomic E-state index is 0.403.